The fraction of sp³-hybridized carbons (Fsp3) is 0.400. The second-order valence-electron chi connectivity index (χ2n) is 7.47. The molecule has 2 amide bonds. The van der Waals surface area contributed by atoms with E-state index < -0.39 is 28.2 Å². The molecule has 1 unspecified atom stereocenters. The minimum absolute atomic E-state index is 0.167. The first-order valence-electron chi connectivity index (χ1n) is 9.79. The quantitative estimate of drug-likeness (QED) is 0.703. The molecular formula is C20H26FN5O4S. The van der Waals surface area contributed by atoms with E-state index in [1.807, 2.05) is 6.92 Å². The lowest BCUT2D eigenvalue weighted by molar-refractivity contribution is 0.127. The highest BCUT2D eigenvalue weighted by Gasteiger charge is 2.31. The molecule has 11 heteroatoms. The Bertz CT molecular complexity index is 1030. The van der Waals surface area contributed by atoms with Gasteiger partial charge in [0.2, 0.25) is 0 Å². The molecule has 1 aromatic carbocycles. The van der Waals surface area contributed by atoms with Crippen molar-refractivity contribution >= 4 is 27.6 Å². The highest BCUT2D eigenvalue weighted by Crippen LogP contribution is 2.25. The van der Waals surface area contributed by atoms with Crippen LogP contribution in [-0.4, -0.2) is 61.3 Å². The van der Waals surface area contributed by atoms with Crippen molar-refractivity contribution in [2.24, 2.45) is 0 Å². The van der Waals surface area contributed by atoms with Gasteiger partial charge in [-0.25, -0.2) is 9.18 Å². The number of benzene rings is 1. The summed E-state index contributed by atoms with van der Waals surface area (Å²) in [6, 6.07) is 6.78. The van der Waals surface area contributed by atoms with Crippen molar-refractivity contribution in [2.45, 2.75) is 25.9 Å². The molecular weight excluding hydrogens is 425 g/mol. The van der Waals surface area contributed by atoms with Crippen molar-refractivity contribution < 1.29 is 22.3 Å². The number of piperidine rings is 1. The third kappa shape index (κ3) is 6.12. The number of carbonyl (C=O) groups excluding carboxylic acids is 1. The van der Waals surface area contributed by atoms with Gasteiger partial charge >= 0.3 is 6.03 Å². The number of nitrogens with zero attached hydrogens (tertiary/aromatic N) is 3. The Balaban J connectivity index is 1.65. The highest BCUT2D eigenvalue weighted by atomic mass is 32.2. The third-order valence-corrected chi connectivity index (χ3v) is 6.64. The third-order valence-electron chi connectivity index (χ3n) is 4.73. The minimum Gasteiger partial charge on any atom is -0.489 e. The van der Waals surface area contributed by atoms with E-state index in [4.69, 9.17) is 4.74 Å². The van der Waals surface area contributed by atoms with Crippen molar-refractivity contribution in [3.63, 3.8) is 0 Å². The van der Waals surface area contributed by atoms with Gasteiger partial charge in [-0.05, 0) is 38.0 Å². The summed E-state index contributed by atoms with van der Waals surface area (Å²) in [4.78, 5) is 16.3. The molecule has 2 N–H and O–H groups in total. The van der Waals surface area contributed by atoms with E-state index in [1.165, 1.54) is 42.8 Å². The average molecular weight is 452 g/mol. The number of hydrogen-bond acceptors (Lipinski definition) is 5. The summed E-state index contributed by atoms with van der Waals surface area (Å²) in [6.07, 6.45) is 2.36. The summed E-state index contributed by atoms with van der Waals surface area (Å²) < 4.78 is 47.2. The van der Waals surface area contributed by atoms with Crippen molar-refractivity contribution in [1.82, 2.24) is 13.6 Å². The van der Waals surface area contributed by atoms with Gasteiger partial charge in [0.05, 0.1) is 18.4 Å². The monoisotopic (exact) mass is 451 g/mol. The first-order valence-corrected chi connectivity index (χ1v) is 11.2. The van der Waals surface area contributed by atoms with Crippen LogP contribution in [0.4, 0.5) is 20.6 Å². The van der Waals surface area contributed by atoms with Crippen molar-refractivity contribution in [3.05, 3.63) is 48.0 Å². The van der Waals surface area contributed by atoms with Gasteiger partial charge in [-0.3, -0.25) is 4.98 Å². The Labute approximate surface area is 181 Å². The second kappa shape index (κ2) is 9.58. The van der Waals surface area contributed by atoms with Gasteiger partial charge in [0, 0.05) is 44.2 Å². The maximum absolute atomic E-state index is 14.1. The van der Waals surface area contributed by atoms with Crippen LogP contribution in [0, 0.1) is 12.7 Å². The molecule has 1 aliphatic heterocycles. The van der Waals surface area contributed by atoms with E-state index in [1.54, 1.807) is 12.1 Å². The lowest BCUT2D eigenvalue weighted by Gasteiger charge is -2.33. The van der Waals surface area contributed by atoms with Crippen molar-refractivity contribution in [1.29, 1.82) is 0 Å². The Morgan fingerprint density at radius 1 is 1.23 bits per heavy atom. The summed E-state index contributed by atoms with van der Waals surface area (Å²) in [7, 11) is -0.599. The van der Waals surface area contributed by atoms with Crippen LogP contribution < -0.4 is 15.4 Å². The Hall–Kier alpha value is -2.76. The molecule has 9 nitrogen and oxygen atoms in total. The SMILES string of the molecule is Cc1ccc(NC(=O)Nc2cc(F)cc(OC3CCCN(S(=O)(=O)N(C)C)C3)c2)cn1. The van der Waals surface area contributed by atoms with Crippen molar-refractivity contribution in [2.75, 3.05) is 37.8 Å². The molecule has 0 spiro atoms. The van der Waals surface area contributed by atoms with Gasteiger partial charge in [-0.2, -0.15) is 17.0 Å². The lowest BCUT2D eigenvalue weighted by atomic mass is 10.1. The summed E-state index contributed by atoms with van der Waals surface area (Å²) >= 11 is 0. The number of hydrogen-bond donors (Lipinski definition) is 2. The summed E-state index contributed by atoms with van der Waals surface area (Å²) in [5.74, 6) is -0.375. The summed E-state index contributed by atoms with van der Waals surface area (Å²) in [5.41, 5.74) is 1.53. The highest BCUT2D eigenvalue weighted by molar-refractivity contribution is 7.86. The van der Waals surface area contributed by atoms with Gasteiger partial charge in [-0.1, -0.05) is 0 Å². The Kier molecular flexibility index (Phi) is 7.08. The zero-order valence-corrected chi connectivity index (χ0v) is 18.4. The Morgan fingerprint density at radius 3 is 2.65 bits per heavy atom. The zero-order valence-electron chi connectivity index (χ0n) is 17.6. The lowest BCUT2D eigenvalue weighted by Crippen LogP contribution is -2.48. The number of rotatable bonds is 6. The van der Waals surface area contributed by atoms with E-state index in [0.29, 0.717) is 25.1 Å². The van der Waals surface area contributed by atoms with E-state index in [0.717, 1.165) is 10.00 Å². The number of amides is 2. The molecule has 1 aliphatic rings. The first-order chi connectivity index (χ1) is 14.6. The molecule has 1 saturated heterocycles. The predicted octanol–water partition coefficient (Wildman–Crippen LogP) is 2.82. The number of nitrogens with one attached hydrogen (secondary N) is 2. The van der Waals surface area contributed by atoms with Crippen LogP contribution in [0.5, 0.6) is 5.75 Å². The number of pyridine rings is 1. The fourth-order valence-corrected chi connectivity index (χ4v) is 4.35. The number of aryl methyl sites for hydroxylation is 1. The van der Waals surface area contributed by atoms with Crippen LogP contribution in [0.1, 0.15) is 18.5 Å². The molecule has 0 saturated carbocycles. The largest absolute Gasteiger partial charge is 0.489 e. The number of carbonyl (C=O) groups is 1. The number of halogens is 1. The summed E-state index contributed by atoms with van der Waals surface area (Å²) in [5, 5.41) is 5.18. The molecule has 2 heterocycles. The van der Waals surface area contributed by atoms with Gasteiger partial charge in [0.1, 0.15) is 17.7 Å². The maximum atomic E-state index is 14.1. The van der Waals surface area contributed by atoms with Gasteiger partial charge in [0.25, 0.3) is 10.2 Å². The molecule has 2 aromatic rings. The number of anilines is 2. The molecule has 0 radical (unpaired) electrons. The van der Waals surface area contributed by atoms with E-state index in [2.05, 4.69) is 15.6 Å². The van der Waals surface area contributed by atoms with E-state index in [9.17, 15) is 17.6 Å². The van der Waals surface area contributed by atoms with E-state index >= 15 is 0 Å². The van der Waals surface area contributed by atoms with Gasteiger partial charge in [0.15, 0.2) is 0 Å². The normalized spacial score (nSPS) is 17.4. The van der Waals surface area contributed by atoms with Crippen LogP contribution in [0.15, 0.2) is 36.5 Å². The number of ether oxygens (including phenoxy) is 1. The molecule has 31 heavy (non-hydrogen) atoms. The van der Waals surface area contributed by atoms with Crippen molar-refractivity contribution in [3.8, 4) is 5.75 Å². The number of urea groups is 1. The molecule has 0 aliphatic carbocycles. The molecule has 1 fully saturated rings. The van der Waals surface area contributed by atoms with Crippen LogP contribution in [0.2, 0.25) is 0 Å². The zero-order chi connectivity index (χ0) is 22.6. The van der Waals surface area contributed by atoms with Crippen LogP contribution in [0.3, 0.4) is 0 Å². The van der Waals surface area contributed by atoms with Gasteiger partial charge in [-0.15, -0.1) is 0 Å². The second-order valence-corrected chi connectivity index (χ2v) is 9.62. The molecule has 168 valence electrons. The number of aromatic nitrogens is 1. The smallest absolute Gasteiger partial charge is 0.323 e. The fourth-order valence-electron chi connectivity index (χ4n) is 3.17. The van der Waals surface area contributed by atoms with Crippen LogP contribution in [0.25, 0.3) is 0 Å². The minimum atomic E-state index is -3.55. The molecule has 0 bridgehead atoms. The van der Waals surface area contributed by atoms with E-state index in [-0.39, 0.29) is 18.0 Å². The topological polar surface area (TPSA) is 104 Å². The summed E-state index contributed by atoms with van der Waals surface area (Å²) in [6.45, 7) is 2.41. The average Bonchev–Trinajstić information content (AvgIpc) is 2.69. The maximum Gasteiger partial charge on any atom is 0.323 e. The molecule has 1 atom stereocenters. The first kappa shape index (κ1) is 22.9. The Morgan fingerprint density at radius 2 is 1.97 bits per heavy atom. The molecule has 1 aromatic heterocycles. The van der Waals surface area contributed by atoms with Crippen LogP contribution >= 0.6 is 0 Å². The van der Waals surface area contributed by atoms with Gasteiger partial charge < -0.3 is 15.4 Å². The van der Waals surface area contributed by atoms with Crippen LogP contribution in [-0.2, 0) is 10.2 Å². The standard InChI is InChI=1S/C20H26FN5O4S/c1-14-6-7-16(12-22-14)23-20(27)24-17-9-15(21)10-19(11-17)30-18-5-4-8-26(13-18)31(28,29)25(2)3/h6-7,9-12,18H,4-5,8,13H2,1-3H3,(H2,23,24,27). The molecule has 3 rings (SSSR count). The predicted molar refractivity (Wildman–Crippen MR) is 116 cm³/mol.